The smallest absolute Gasteiger partial charge is 0.339 e. The summed E-state index contributed by atoms with van der Waals surface area (Å²) in [5, 5.41) is 3.17. The number of halogens is 1. The second-order valence-electron chi connectivity index (χ2n) is 5.19. The molecule has 2 N–H and O–H groups in total. The Bertz CT molecular complexity index is 621. The van der Waals surface area contributed by atoms with Crippen molar-refractivity contribution >= 4 is 28.4 Å². The van der Waals surface area contributed by atoms with Crippen LogP contribution in [0.5, 0.6) is 0 Å². The predicted molar refractivity (Wildman–Crippen MR) is 85.8 cm³/mol. The zero-order valence-corrected chi connectivity index (χ0v) is 14.2. The minimum Gasteiger partial charge on any atom is -0.465 e. The van der Waals surface area contributed by atoms with Gasteiger partial charge >= 0.3 is 5.97 Å². The average molecular weight is 349 g/mol. The van der Waals surface area contributed by atoms with Crippen molar-refractivity contribution in [2.24, 2.45) is 5.92 Å². The van der Waals surface area contributed by atoms with Gasteiger partial charge < -0.3 is 10.1 Å². The number of esters is 1. The molecule has 0 aromatic heterocycles. The predicted octanol–water partition coefficient (Wildman–Crippen LogP) is 1.17. The third kappa shape index (κ3) is 4.19. The van der Waals surface area contributed by atoms with Crippen LogP contribution in [0.2, 0.25) is 0 Å². The van der Waals surface area contributed by atoms with E-state index in [1.165, 1.54) is 19.2 Å². The van der Waals surface area contributed by atoms with Gasteiger partial charge in [0.25, 0.3) is 0 Å². The molecule has 1 heterocycles. The Labute approximate surface area is 137 Å². The Hall–Kier alpha value is -1.15. The number of sulfonamides is 1. The quantitative estimate of drug-likeness (QED) is 0.798. The topological polar surface area (TPSA) is 84.5 Å². The maximum atomic E-state index is 12.5. The lowest BCUT2D eigenvalue weighted by molar-refractivity contribution is 0.0596. The average Bonchev–Trinajstić information content (AvgIpc) is 2.48. The summed E-state index contributed by atoms with van der Waals surface area (Å²) in [7, 11) is -2.54. The van der Waals surface area contributed by atoms with E-state index in [-0.39, 0.29) is 34.8 Å². The zero-order chi connectivity index (χ0) is 15.5. The molecule has 2 atom stereocenters. The molecule has 124 valence electrons. The Kier molecular flexibility index (Phi) is 6.80. The minimum atomic E-state index is -3.77. The van der Waals surface area contributed by atoms with Gasteiger partial charge in [0, 0.05) is 12.6 Å². The van der Waals surface area contributed by atoms with Gasteiger partial charge in [-0.3, -0.25) is 0 Å². The van der Waals surface area contributed by atoms with Gasteiger partial charge in [-0.1, -0.05) is 19.1 Å². The Morgan fingerprint density at radius 2 is 2.05 bits per heavy atom. The van der Waals surface area contributed by atoms with Gasteiger partial charge in [0.05, 0.1) is 17.6 Å². The molecule has 1 aromatic carbocycles. The van der Waals surface area contributed by atoms with Gasteiger partial charge in [0.15, 0.2) is 0 Å². The van der Waals surface area contributed by atoms with E-state index in [2.05, 4.69) is 14.8 Å². The lowest BCUT2D eigenvalue weighted by Crippen LogP contribution is -2.50. The highest BCUT2D eigenvalue weighted by molar-refractivity contribution is 7.89. The molecule has 6 nitrogen and oxygen atoms in total. The second kappa shape index (κ2) is 7.92. The molecule has 0 bridgehead atoms. The molecular formula is C14H21ClN2O4S. The highest BCUT2D eigenvalue weighted by atomic mass is 35.5. The van der Waals surface area contributed by atoms with E-state index >= 15 is 0 Å². The monoisotopic (exact) mass is 348 g/mol. The maximum Gasteiger partial charge on any atom is 0.339 e. The maximum absolute atomic E-state index is 12.5. The number of piperidine rings is 1. The van der Waals surface area contributed by atoms with Crippen LogP contribution in [0.1, 0.15) is 23.7 Å². The van der Waals surface area contributed by atoms with E-state index < -0.39 is 16.0 Å². The van der Waals surface area contributed by atoms with Crippen LogP contribution in [0.3, 0.4) is 0 Å². The fraction of sp³-hybridized carbons (Fsp3) is 0.500. The number of benzene rings is 1. The number of hydrogen-bond acceptors (Lipinski definition) is 5. The molecular weight excluding hydrogens is 328 g/mol. The molecule has 2 rings (SSSR count). The molecule has 1 fully saturated rings. The lowest BCUT2D eigenvalue weighted by atomic mass is 9.96. The van der Waals surface area contributed by atoms with Crippen molar-refractivity contribution in [1.29, 1.82) is 0 Å². The van der Waals surface area contributed by atoms with Gasteiger partial charge in [0.1, 0.15) is 0 Å². The summed E-state index contributed by atoms with van der Waals surface area (Å²) in [4.78, 5) is 11.7. The van der Waals surface area contributed by atoms with E-state index in [0.29, 0.717) is 6.54 Å². The Morgan fingerprint density at radius 1 is 1.36 bits per heavy atom. The summed E-state index contributed by atoms with van der Waals surface area (Å²) in [6.45, 7) is 3.49. The van der Waals surface area contributed by atoms with Crippen LogP contribution < -0.4 is 10.0 Å². The van der Waals surface area contributed by atoms with Crippen molar-refractivity contribution in [2.75, 3.05) is 20.2 Å². The number of ether oxygens (including phenoxy) is 1. The second-order valence-corrected chi connectivity index (χ2v) is 6.87. The van der Waals surface area contributed by atoms with Crippen molar-refractivity contribution in [2.45, 2.75) is 24.3 Å². The van der Waals surface area contributed by atoms with Crippen molar-refractivity contribution in [3.05, 3.63) is 29.8 Å². The van der Waals surface area contributed by atoms with Crippen LogP contribution in [-0.4, -0.2) is 40.6 Å². The molecule has 22 heavy (non-hydrogen) atoms. The fourth-order valence-corrected chi connectivity index (χ4v) is 3.93. The van der Waals surface area contributed by atoms with Crippen LogP contribution in [0.4, 0.5) is 0 Å². The fourth-order valence-electron chi connectivity index (χ4n) is 2.39. The molecule has 1 aliphatic heterocycles. The van der Waals surface area contributed by atoms with E-state index in [9.17, 15) is 13.2 Å². The number of methoxy groups -OCH3 is 1. The van der Waals surface area contributed by atoms with Gasteiger partial charge in [0.2, 0.25) is 10.0 Å². The molecule has 1 aliphatic rings. The van der Waals surface area contributed by atoms with Crippen LogP contribution >= 0.6 is 12.4 Å². The van der Waals surface area contributed by atoms with E-state index in [1.807, 2.05) is 6.92 Å². The molecule has 0 radical (unpaired) electrons. The summed E-state index contributed by atoms with van der Waals surface area (Å²) in [5.74, 6) is -0.419. The molecule has 8 heteroatoms. The van der Waals surface area contributed by atoms with Crippen molar-refractivity contribution in [3.63, 3.8) is 0 Å². The van der Waals surface area contributed by atoms with Gasteiger partial charge in [-0.2, -0.15) is 0 Å². The molecule has 2 unspecified atom stereocenters. The van der Waals surface area contributed by atoms with Gasteiger partial charge in [-0.15, -0.1) is 12.4 Å². The summed E-state index contributed by atoms with van der Waals surface area (Å²) < 4.78 is 32.4. The van der Waals surface area contributed by atoms with Crippen molar-refractivity contribution in [3.8, 4) is 0 Å². The molecule has 0 amide bonds. The zero-order valence-electron chi connectivity index (χ0n) is 12.5. The highest BCUT2D eigenvalue weighted by Gasteiger charge is 2.29. The first-order valence-corrected chi connectivity index (χ1v) is 8.34. The molecule has 0 spiro atoms. The van der Waals surface area contributed by atoms with Crippen LogP contribution in [0.25, 0.3) is 0 Å². The molecule has 0 saturated carbocycles. The summed E-state index contributed by atoms with van der Waals surface area (Å²) in [6, 6.07) is 5.87. The number of nitrogens with one attached hydrogen (secondary N) is 2. The summed E-state index contributed by atoms with van der Waals surface area (Å²) in [6.07, 6.45) is 0.909. The normalized spacial score (nSPS) is 21.7. The van der Waals surface area contributed by atoms with E-state index in [0.717, 1.165) is 13.0 Å². The lowest BCUT2D eigenvalue weighted by Gasteiger charge is -2.30. The number of carbonyl (C=O) groups excluding carboxylic acids is 1. The third-order valence-electron chi connectivity index (χ3n) is 3.72. The van der Waals surface area contributed by atoms with Gasteiger partial charge in [-0.05, 0) is 31.0 Å². The summed E-state index contributed by atoms with van der Waals surface area (Å²) >= 11 is 0. The number of hydrogen-bond donors (Lipinski definition) is 2. The van der Waals surface area contributed by atoms with E-state index in [4.69, 9.17) is 0 Å². The summed E-state index contributed by atoms with van der Waals surface area (Å²) in [5.41, 5.74) is 0.0453. The van der Waals surface area contributed by atoms with Crippen LogP contribution in [0.15, 0.2) is 29.2 Å². The Morgan fingerprint density at radius 3 is 2.68 bits per heavy atom. The molecule has 0 aliphatic carbocycles. The first kappa shape index (κ1) is 18.9. The first-order chi connectivity index (χ1) is 9.95. The largest absolute Gasteiger partial charge is 0.465 e. The highest BCUT2D eigenvalue weighted by Crippen LogP contribution is 2.19. The van der Waals surface area contributed by atoms with Crippen molar-refractivity contribution in [1.82, 2.24) is 10.0 Å². The van der Waals surface area contributed by atoms with Crippen LogP contribution in [-0.2, 0) is 14.8 Å². The minimum absolute atomic E-state index is 0. The Balaban J connectivity index is 0.00000242. The molecule has 1 aromatic rings. The SMILES string of the molecule is COC(=O)c1ccccc1S(=O)(=O)NC1CNCCC1C.Cl. The van der Waals surface area contributed by atoms with Gasteiger partial charge in [-0.25, -0.2) is 17.9 Å². The third-order valence-corrected chi connectivity index (χ3v) is 5.26. The van der Waals surface area contributed by atoms with E-state index in [1.54, 1.807) is 12.1 Å². The van der Waals surface area contributed by atoms with Crippen molar-refractivity contribution < 1.29 is 17.9 Å². The molecule has 1 saturated heterocycles. The number of carbonyl (C=O) groups is 1. The van der Waals surface area contributed by atoms with Crippen LogP contribution in [0, 0.1) is 5.92 Å². The standard InChI is InChI=1S/C14H20N2O4S.ClH/c1-10-7-8-15-9-12(10)16-21(18,19)13-6-4-3-5-11(13)14(17)20-2;/h3-6,10,12,15-16H,7-9H2,1-2H3;1H. The first-order valence-electron chi connectivity index (χ1n) is 6.86. The number of rotatable bonds is 4.